The molecule has 0 bridgehead atoms. The predicted octanol–water partition coefficient (Wildman–Crippen LogP) is -0.0208. The zero-order valence-electron chi connectivity index (χ0n) is 20.0. The van der Waals surface area contributed by atoms with Gasteiger partial charge in [0.15, 0.2) is 0 Å². The lowest BCUT2D eigenvalue weighted by Crippen LogP contribution is -2.58. The Kier molecular flexibility index (Phi) is 12.8. The summed E-state index contributed by atoms with van der Waals surface area (Å²) in [7, 11) is 0. The van der Waals surface area contributed by atoms with E-state index >= 15 is 0 Å². The quantitative estimate of drug-likeness (QED) is 0.188. The van der Waals surface area contributed by atoms with Crippen LogP contribution in [0.2, 0.25) is 0 Å². The number of rotatable bonds is 15. The summed E-state index contributed by atoms with van der Waals surface area (Å²) in [6, 6.07) is 3.98. The van der Waals surface area contributed by atoms with Crippen LogP contribution in [0.3, 0.4) is 0 Å². The van der Waals surface area contributed by atoms with Gasteiger partial charge < -0.3 is 31.9 Å². The van der Waals surface area contributed by atoms with Crippen molar-refractivity contribution < 1.29 is 34.2 Å². The number of benzene rings is 1. The first-order valence-corrected chi connectivity index (χ1v) is 12.5. The maximum Gasteiger partial charge on any atom is 0.326 e. The Labute approximate surface area is 208 Å². The van der Waals surface area contributed by atoms with Crippen LogP contribution in [0.25, 0.3) is 0 Å². The average Bonchev–Trinajstić information content (AvgIpc) is 2.79. The van der Waals surface area contributed by atoms with Crippen LogP contribution in [0.5, 0.6) is 0 Å². The Hall–Kier alpha value is -3.12. The number of hydrogen-bond donors (Lipinski definition) is 6. The van der Waals surface area contributed by atoms with Crippen LogP contribution in [-0.4, -0.2) is 76.0 Å². The number of nitrogens with one attached hydrogen (secondary N) is 3. The van der Waals surface area contributed by atoms with Gasteiger partial charge in [-0.25, -0.2) is 4.79 Å². The van der Waals surface area contributed by atoms with E-state index in [1.54, 1.807) is 44.2 Å². The van der Waals surface area contributed by atoms with Crippen LogP contribution >= 0.6 is 11.8 Å². The van der Waals surface area contributed by atoms with Gasteiger partial charge in [0, 0.05) is 6.42 Å². The van der Waals surface area contributed by atoms with Crippen molar-refractivity contribution in [2.45, 2.75) is 57.3 Å². The molecule has 0 aliphatic carbocycles. The molecule has 4 atom stereocenters. The lowest BCUT2D eigenvalue weighted by Gasteiger charge is -2.25. The smallest absolute Gasteiger partial charge is 0.326 e. The molecule has 194 valence electrons. The van der Waals surface area contributed by atoms with Gasteiger partial charge in [-0.1, -0.05) is 44.2 Å². The first-order valence-electron chi connectivity index (χ1n) is 11.1. The second-order valence-corrected chi connectivity index (χ2v) is 9.35. The molecule has 0 aliphatic rings. The largest absolute Gasteiger partial charge is 0.481 e. The summed E-state index contributed by atoms with van der Waals surface area (Å²) >= 11 is 1.52. The Morgan fingerprint density at radius 3 is 2.00 bits per heavy atom. The number of carboxylic acid groups (broad SMARTS) is 2. The summed E-state index contributed by atoms with van der Waals surface area (Å²) in [5.74, 6) is -4.80. The lowest BCUT2D eigenvalue weighted by molar-refractivity contribution is -0.144. The van der Waals surface area contributed by atoms with Crippen molar-refractivity contribution in [3.8, 4) is 0 Å². The van der Waals surface area contributed by atoms with Gasteiger partial charge in [0.2, 0.25) is 17.7 Å². The molecule has 0 saturated heterocycles. The second-order valence-electron chi connectivity index (χ2n) is 8.37. The fraction of sp³-hybridized carbons (Fsp3) is 0.522. The highest BCUT2D eigenvalue weighted by molar-refractivity contribution is 7.98. The van der Waals surface area contributed by atoms with Gasteiger partial charge in [0.05, 0.1) is 12.5 Å². The van der Waals surface area contributed by atoms with Crippen molar-refractivity contribution in [1.82, 2.24) is 16.0 Å². The number of carboxylic acids is 2. The number of nitrogens with two attached hydrogens (primary N) is 1. The molecule has 0 spiro atoms. The number of carbonyl (C=O) groups is 5. The van der Waals surface area contributed by atoms with Crippen molar-refractivity contribution in [3.05, 3.63) is 35.9 Å². The van der Waals surface area contributed by atoms with Crippen LogP contribution < -0.4 is 21.7 Å². The maximum atomic E-state index is 13.1. The molecule has 35 heavy (non-hydrogen) atoms. The van der Waals surface area contributed by atoms with E-state index < -0.39 is 66.2 Å². The van der Waals surface area contributed by atoms with Gasteiger partial charge in [-0.15, -0.1) is 0 Å². The Bertz CT molecular complexity index is 882. The molecule has 0 radical (unpaired) electrons. The summed E-state index contributed by atoms with van der Waals surface area (Å²) < 4.78 is 0. The third kappa shape index (κ3) is 10.8. The molecule has 1 aromatic carbocycles. The molecule has 3 amide bonds. The molecular weight excluding hydrogens is 476 g/mol. The maximum absolute atomic E-state index is 13.1. The van der Waals surface area contributed by atoms with Gasteiger partial charge in [-0.3, -0.25) is 19.2 Å². The zero-order chi connectivity index (χ0) is 26.5. The van der Waals surface area contributed by atoms with E-state index in [9.17, 15) is 34.2 Å². The Balaban J connectivity index is 3.09. The summed E-state index contributed by atoms with van der Waals surface area (Å²) in [4.78, 5) is 61.2. The van der Waals surface area contributed by atoms with Gasteiger partial charge in [0.25, 0.3) is 0 Å². The van der Waals surface area contributed by atoms with Crippen LogP contribution in [0.1, 0.15) is 32.3 Å². The third-order valence-electron chi connectivity index (χ3n) is 5.13. The van der Waals surface area contributed by atoms with E-state index in [0.717, 1.165) is 5.56 Å². The number of thioether (sulfide) groups is 1. The fourth-order valence-electron chi connectivity index (χ4n) is 3.14. The molecule has 1 rings (SSSR count). The number of amides is 3. The van der Waals surface area contributed by atoms with E-state index in [-0.39, 0.29) is 6.42 Å². The fourth-order valence-corrected chi connectivity index (χ4v) is 3.63. The standard InChI is InChI=1S/C23H34N4O7S/c1-13(2)19(23(33)34)27-22(32)17(12-18(28)29)26-21(31)16(11-14-7-5-4-6-8-14)25-20(30)15(24)9-10-35-3/h4-8,13,15-17,19H,9-12,24H2,1-3H3,(H,25,30)(H,26,31)(H,27,32)(H,28,29)(H,33,34). The van der Waals surface area contributed by atoms with Crippen LogP contribution in [-0.2, 0) is 30.4 Å². The molecule has 0 saturated carbocycles. The molecule has 0 aromatic heterocycles. The lowest BCUT2D eigenvalue weighted by atomic mass is 10.0. The number of aliphatic carboxylic acids is 2. The highest BCUT2D eigenvalue weighted by Crippen LogP contribution is 2.08. The molecule has 7 N–H and O–H groups in total. The molecule has 11 nitrogen and oxygen atoms in total. The molecule has 12 heteroatoms. The molecule has 0 fully saturated rings. The minimum Gasteiger partial charge on any atom is -0.481 e. The van der Waals surface area contributed by atoms with Crippen molar-refractivity contribution in [1.29, 1.82) is 0 Å². The Morgan fingerprint density at radius 2 is 1.49 bits per heavy atom. The molecule has 0 aliphatic heterocycles. The highest BCUT2D eigenvalue weighted by Gasteiger charge is 2.32. The van der Waals surface area contributed by atoms with Crippen molar-refractivity contribution in [3.63, 3.8) is 0 Å². The monoisotopic (exact) mass is 510 g/mol. The second kappa shape index (κ2) is 15.0. The molecule has 0 heterocycles. The van der Waals surface area contributed by atoms with Crippen molar-refractivity contribution >= 4 is 41.4 Å². The van der Waals surface area contributed by atoms with Gasteiger partial charge in [-0.05, 0) is 29.9 Å². The summed E-state index contributed by atoms with van der Waals surface area (Å²) in [6.07, 6.45) is 1.56. The number of carbonyl (C=O) groups excluding carboxylic acids is 3. The summed E-state index contributed by atoms with van der Waals surface area (Å²) in [6.45, 7) is 3.16. The zero-order valence-corrected chi connectivity index (χ0v) is 20.8. The van der Waals surface area contributed by atoms with Crippen LogP contribution in [0, 0.1) is 5.92 Å². The van der Waals surface area contributed by atoms with Gasteiger partial charge >= 0.3 is 11.9 Å². The van der Waals surface area contributed by atoms with Crippen LogP contribution in [0.4, 0.5) is 0 Å². The Morgan fingerprint density at radius 1 is 0.914 bits per heavy atom. The van der Waals surface area contributed by atoms with E-state index in [1.165, 1.54) is 11.8 Å². The van der Waals surface area contributed by atoms with Crippen molar-refractivity contribution in [2.75, 3.05) is 12.0 Å². The molecule has 1 aromatic rings. The van der Waals surface area contributed by atoms with E-state index in [4.69, 9.17) is 5.73 Å². The first kappa shape index (κ1) is 29.9. The molecular formula is C23H34N4O7S. The average molecular weight is 511 g/mol. The minimum atomic E-state index is -1.55. The van der Waals surface area contributed by atoms with E-state index in [2.05, 4.69) is 16.0 Å². The third-order valence-corrected chi connectivity index (χ3v) is 5.77. The van der Waals surface area contributed by atoms with Gasteiger partial charge in [-0.2, -0.15) is 11.8 Å². The van der Waals surface area contributed by atoms with Crippen molar-refractivity contribution in [2.24, 2.45) is 11.7 Å². The SMILES string of the molecule is CSCCC(N)C(=O)NC(Cc1ccccc1)C(=O)NC(CC(=O)O)C(=O)NC(C(=O)O)C(C)C. The van der Waals surface area contributed by atoms with E-state index in [0.29, 0.717) is 12.2 Å². The summed E-state index contributed by atoms with van der Waals surface area (Å²) in [5.41, 5.74) is 6.64. The van der Waals surface area contributed by atoms with Crippen LogP contribution in [0.15, 0.2) is 30.3 Å². The van der Waals surface area contributed by atoms with Gasteiger partial charge in [0.1, 0.15) is 18.1 Å². The molecule has 4 unspecified atom stereocenters. The number of hydrogen-bond acceptors (Lipinski definition) is 7. The summed E-state index contributed by atoms with van der Waals surface area (Å²) in [5, 5.41) is 25.8. The predicted molar refractivity (Wildman–Crippen MR) is 132 cm³/mol. The normalized spacial score (nSPS) is 14.3. The topological polar surface area (TPSA) is 188 Å². The van der Waals surface area contributed by atoms with E-state index in [1.807, 2.05) is 6.26 Å². The minimum absolute atomic E-state index is 0.0683. The first-order chi connectivity index (χ1) is 16.5. The highest BCUT2D eigenvalue weighted by atomic mass is 32.2.